The highest BCUT2D eigenvalue weighted by atomic mass is 79.9. The minimum atomic E-state index is -0.354. The van der Waals surface area contributed by atoms with Crippen LogP contribution < -0.4 is 11.1 Å². The van der Waals surface area contributed by atoms with Gasteiger partial charge in [-0.05, 0) is 31.9 Å². The van der Waals surface area contributed by atoms with Crippen LogP contribution >= 0.6 is 31.9 Å². The molecule has 0 radical (unpaired) electrons. The Morgan fingerprint density at radius 1 is 1.42 bits per heavy atom. The minimum absolute atomic E-state index is 0.296. The molecule has 0 saturated heterocycles. The Labute approximate surface area is 125 Å². The van der Waals surface area contributed by atoms with Crippen LogP contribution in [0, 0.1) is 0 Å². The molecule has 0 saturated carbocycles. The van der Waals surface area contributed by atoms with Gasteiger partial charge in [0.15, 0.2) is 5.82 Å². The molecule has 3 N–H and O–H groups in total. The van der Waals surface area contributed by atoms with Crippen molar-refractivity contribution in [3.05, 3.63) is 33.6 Å². The number of nitrogens with two attached hydrogens (primary N) is 1. The van der Waals surface area contributed by atoms with Gasteiger partial charge in [-0.15, -0.1) is 0 Å². The first-order chi connectivity index (χ1) is 9.10. The Morgan fingerprint density at radius 3 is 2.89 bits per heavy atom. The number of carbonyl (C=O) groups is 1. The van der Waals surface area contributed by atoms with Crippen LogP contribution in [0.4, 0.5) is 5.82 Å². The van der Waals surface area contributed by atoms with Crippen molar-refractivity contribution in [3.8, 4) is 0 Å². The predicted molar refractivity (Wildman–Crippen MR) is 76.7 cm³/mol. The number of hydrogen-bond acceptors (Lipinski definition) is 5. The Kier molecular flexibility index (Phi) is 4.61. The van der Waals surface area contributed by atoms with Gasteiger partial charge in [0, 0.05) is 19.3 Å². The maximum absolute atomic E-state index is 12.0. The van der Waals surface area contributed by atoms with Crippen molar-refractivity contribution in [2.75, 3.05) is 11.9 Å². The van der Waals surface area contributed by atoms with Gasteiger partial charge in [-0.25, -0.2) is 15.0 Å². The van der Waals surface area contributed by atoms with E-state index in [0.717, 1.165) is 0 Å². The zero-order chi connectivity index (χ0) is 13.8. The Morgan fingerprint density at radius 2 is 2.21 bits per heavy atom. The molecular weight excluding hydrogens is 380 g/mol. The summed E-state index contributed by atoms with van der Waals surface area (Å²) in [4.78, 5) is 24.1. The van der Waals surface area contributed by atoms with Crippen molar-refractivity contribution in [1.82, 2.24) is 19.5 Å². The maximum Gasteiger partial charge on any atom is 0.277 e. The number of aromatic nitrogens is 4. The number of carbonyl (C=O) groups excluding carboxylic acids is 1. The normalized spacial score (nSPS) is 10.5. The van der Waals surface area contributed by atoms with Crippen LogP contribution in [0.25, 0.3) is 0 Å². The summed E-state index contributed by atoms with van der Waals surface area (Å²) in [5.41, 5.74) is 5.72. The summed E-state index contributed by atoms with van der Waals surface area (Å²) in [6, 6.07) is 0. The Balaban J connectivity index is 2.11. The molecule has 0 aliphatic carbocycles. The number of nitrogens with zero attached hydrogens (tertiary/aromatic N) is 4. The quantitative estimate of drug-likeness (QED) is 0.823. The molecular formula is C10H10Br2N6O. The molecule has 7 nitrogen and oxygen atoms in total. The Hall–Kier alpha value is -1.32. The van der Waals surface area contributed by atoms with E-state index in [2.05, 4.69) is 52.1 Å². The number of amides is 1. The van der Waals surface area contributed by atoms with Gasteiger partial charge >= 0.3 is 0 Å². The number of anilines is 1. The lowest BCUT2D eigenvalue weighted by Crippen LogP contribution is -2.14. The van der Waals surface area contributed by atoms with E-state index in [1.54, 1.807) is 17.1 Å². The lowest BCUT2D eigenvalue weighted by molar-refractivity contribution is 0.102. The molecule has 0 bridgehead atoms. The first-order valence-corrected chi connectivity index (χ1v) is 6.90. The fourth-order valence-corrected chi connectivity index (χ4v) is 2.26. The number of hydrogen-bond donors (Lipinski definition) is 2. The van der Waals surface area contributed by atoms with Crippen molar-refractivity contribution in [2.45, 2.75) is 6.54 Å². The topological polar surface area (TPSA) is 98.7 Å². The summed E-state index contributed by atoms with van der Waals surface area (Å²) in [6.45, 7) is 1.10. The standard InChI is InChI=1S/C10H10Br2N6O/c11-7-3-14-9(8(12)16-7)17-10(19)6-4-18(2-1-13)5-15-6/h3-5H,1-2,13H2,(H,14,17,19). The second kappa shape index (κ2) is 6.22. The summed E-state index contributed by atoms with van der Waals surface area (Å²) in [6.07, 6.45) is 4.68. The second-order valence-electron chi connectivity index (χ2n) is 3.57. The van der Waals surface area contributed by atoms with Crippen LogP contribution in [-0.2, 0) is 6.54 Å². The third-order valence-electron chi connectivity index (χ3n) is 2.19. The number of nitrogens with one attached hydrogen (secondary N) is 1. The van der Waals surface area contributed by atoms with Crippen molar-refractivity contribution in [2.24, 2.45) is 5.73 Å². The third kappa shape index (κ3) is 3.58. The largest absolute Gasteiger partial charge is 0.335 e. The van der Waals surface area contributed by atoms with E-state index in [-0.39, 0.29) is 5.91 Å². The predicted octanol–water partition coefficient (Wildman–Crippen LogP) is 1.41. The fraction of sp³-hybridized carbons (Fsp3) is 0.200. The van der Waals surface area contributed by atoms with E-state index in [1.165, 1.54) is 6.20 Å². The summed E-state index contributed by atoms with van der Waals surface area (Å²) < 4.78 is 2.76. The SMILES string of the molecule is NCCn1cnc(C(=O)Nc2ncc(Br)nc2Br)c1. The van der Waals surface area contributed by atoms with E-state index in [9.17, 15) is 4.79 Å². The van der Waals surface area contributed by atoms with Crippen molar-refractivity contribution >= 4 is 43.6 Å². The van der Waals surface area contributed by atoms with Crippen LogP contribution in [-0.4, -0.2) is 32.0 Å². The summed E-state index contributed by atoms with van der Waals surface area (Å²) >= 11 is 6.40. The van der Waals surface area contributed by atoms with Crippen LogP contribution in [0.1, 0.15) is 10.5 Å². The van der Waals surface area contributed by atoms with Crippen LogP contribution in [0.2, 0.25) is 0 Å². The average Bonchev–Trinajstić information content (AvgIpc) is 2.82. The minimum Gasteiger partial charge on any atom is -0.335 e. The monoisotopic (exact) mass is 388 g/mol. The van der Waals surface area contributed by atoms with Crippen LogP contribution in [0.3, 0.4) is 0 Å². The van der Waals surface area contributed by atoms with Crippen molar-refractivity contribution in [1.29, 1.82) is 0 Å². The molecule has 9 heteroatoms. The molecule has 0 spiro atoms. The van der Waals surface area contributed by atoms with Crippen LogP contribution in [0.5, 0.6) is 0 Å². The van der Waals surface area contributed by atoms with Gasteiger partial charge in [0.1, 0.15) is 14.9 Å². The summed E-state index contributed by atoms with van der Waals surface area (Å²) in [5, 5.41) is 2.62. The molecule has 0 aliphatic heterocycles. The Bertz CT molecular complexity index is 599. The molecule has 2 rings (SSSR count). The highest BCUT2D eigenvalue weighted by molar-refractivity contribution is 9.11. The van der Waals surface area contributed by atoms with E-state index in [1.807, 2.05) is 0 Å². The van der Waals surface area contributed by atoms with Gasteiger partial charge in [-0.1, -0.05) is 0 Å². The molecule has 0 aliphatic rings. The van der Waals surface area contributed by atoms with Gasteiger partial charge in [0.05, 0.1) is 12.5 Å². The first kappa shape index (κ1) is 14.1. The summed E-state index contributed by atoms with van der Waals surface area (Å²) in [5.74, 6) is -0.0188. The summed E-state index contributed by atoms with van der Waals surface area (Å²) in [7, 11) is 0. The zero-order valence-corrected chi connectivity index (χ0v) is 12.8. The first-order valence-electron chi connectivity index (χ1n) is 5.31. The van der Waals surface area contributed by atoms with Gasteiger partial charge in [-0.2, -0.15) is 0 Å². The molecule has 0 atom stereocenters. The second-order valence-corrected chi connectivity index (χ2v) is 5.14. The highest BCUT2D eigenvalue weighted by Crippen LogP contribution is 2.19. The smallest absolute Gasteiger partial charge is 0.277 e. The van der Waals surface area contributed by atoms with Gasteiger partial charge in [0.2, 0.25) is 0 Å². The molecule has 2 aromatic heterocycles. The van der Waals surface area contributed by atoms with E-state index >= 15 is 0 Å². The number of rotatable bonds is 4. The maximum atomic E-state index is 12.0. The molecule has 2 heterocycles. The molecule has 2 aromatic rings. The molecule has 0 aromatic carbocycles. The van der Waals surface area contributed by atoms with Crippen LogP contribution in [0.15, 0.2) is 27.9 Å². The molecule has 19 heavy (non-hydrogen) atoms. The number of imidazole rings is 1. The van der Waals surface area contributed by atoms with Crippen molar-refractivity contribution in [3.63, 3.8) is 0 Å². The average molecular weight is 390 g/mol. The van der Waals surface area contributed by atoms with E-state index < -0.39 is 0 Å². The third-order valence-corrected chi connectivity index (χ3v) is 3.12. The molecule has 0 unspecified atom stereocenters. The van der Waals surface area contributed by atoms with Crippen molar-refractivity contribution < 1.29 is 4.79 Å². The highest BCUT2D eigenvalue weighted by Gasteiger charge is 2.13. The molecule has 0 fully saturated rings. The van der Waals surface area contributed by atoms with E-state index in [0.29, 0.717) is 33.8 Å². The molecule has 100 valence electrons. The number of halogens is 2. The lowest BCUT2D eigenvalue weighted by atomic mass is 10.4. The fourth-order valence-electron chi connectivity index (χ4n) is 1.35. The van der Waals surface area contributed by atoms with Gasteiger partial charge in [0.25, 0.3) is 5.91 Å². The lowest BCUT2D eigenvalue weighted by Gasteiger charge is -2.04. The van der Waals surface area contributed by atoms with E-state index in [4.69, 9.17) is 5.73 Å². The zero-order valence-electron chi connectivity index (χ0n) is 9.68. The van der Waals surface area contributed by atoms with Gasteiger partial charge in [-0.3, -0.25) is 4.79 Å². The van der Waals surface area contributed by atoms with Gasteiger partial charge < -0.3 is 15.6 Å². The molecule has 1 amide bonds.